The quantitative estimate of drug-likeness (QED) is 0.0619. The van der Waals surface area contributed by atoms with Crippen molar-refractivity contribution < 1.29 is 88.8 Å². The van der Waals surface area contributed by atoms with E-state index in [2.05, 4.69) is 20.2 Å². The van der Waals surface area contributed by atoms with Crippen LogP contribution in [0.3, 0.4) is 0 Å². The third kappa shape index (κ3) is 17.7. The van der Waals surface area contributed by atoms with Crippen molar-refractivity contribution in [3.05, 3.63) is 102 Å². The van der Waals surface area contributed by atoms with Crippen molar-refractivity contribution in [1.82, 2.24) is 25.7 Å². The summed E-state index contributed by atoms with van der Waals surface area (Å²) in [6.07, 6.45) is -10.3. The molecule has 6 N–H and O–H groups in total. The summed E-state index contributed by atoms with van der Waals surface area (Å²) in [5.74, 6) is -8.47. The molecular weight excluding hydrogens is 845 g/mol. The lowest BCUT2D eigenvalue weighted by atomic mass is 9.90. The van der Waals surface area contributed by atoms with Crippen LogP contribution in [0.15, 0.2) is 79.1 Å². The topological polar surface area (TPSA) is 229 Å². The Hall–Kier alpha value is -6.56. The van der Waals surface area contributed by atoms with Gasteiger partial charge in [-0.2, -0.15) is 39.5 Å². The maximum Gasteiger partial charge on any atom is 0.490 e. The lowest BCUT2D eigenvalue weighted by Crippen LogP contribution is -2.55. The summed E-state index contributed by atoms with van der Waals surface area (Å²) in [5.41, 5.74) is 6.16. The fraction of sp³-hybridized carbons (Fsp3) is 0.324. The molecule has 0 spiro atoms. The number of carbonyl (C=O) groups excluding carboxylic acids is 2. The van der Waals surface area contributed by atoms with Crippen LogP contribution in [0, 0.1) is 12.8 Å². The second-order valence-corrected chi connectivity index (χ2v) is 12.6. The van der Waals surface area contributed by atoms with Gasteiger partial charge in [0.2, 0.25) is 5.91 Å². The van der Waals surface area contributed by atoms with Gasteiger partial charge < -0.3 is 25.4 Å². The number of nitrogens with one attached hydrogen (secondary N) is 2. The van der Waals surface area contributed by atoms with E-state index in [9.17, 15) is 49.1 Å². The van der Waals surface area contributed by atoms with Crippen molar-refractivity contribution in [2.75, 3.05) is 6.54 Å². The zero-order valence-corrected chi connectivity index (χ0v) is 31.4. The first-order valence-electron chi connectivity index (χ1n) is 17.2. The Morgan fingerprint density at radius 3 is 1.89 bits per heavy atom. The molecule has 332 valence electrons. The summed E-state index contributed by atoms with van der Waals surface area (Å²) in [6, 6.07) is 20.9. The van der Waals surface area contributed by atoms with Crippen LogP contribution in [0.4, 0.5) is 39.5 Å². The van der Waals surface area contributed by atoms with Gasteiger partial charge in [-0.15, -0.1) is 0 Å². The van der Waals surface area contributed by atoms with E-state index >= 15 is 0 Å². The monoisotopic (exact) mass is 881 g/mol. The van der Waals surface area contributed by atoms with E-state index in [0.717, 1.165) is 47.1 Å². The molecule has 15 nitrogen and oxygen atoms in total. The first-order valence-corrected chi connectivity index (χ1v) is 17.2. The minimum absolute atomic E-state index is 0.112. The number of amides is 2. The smallest absolute Gasteiger partial charge is 0.489 e. The van der Waals surface area contributed by atoms with Crippen LogP contribution in [-0.4, -0.2) is 96.4 Å². The standard InChI is InChI=1S/C31H33N5O4.3C2HF3O2/c1-21-16-25(27-8-2-3-9-28(27)33-21)20-40-26-12-10-23(11-13-26)31(38)34-30-24(17-29(37)35-39)7-5-15-36(30)19-22-6-4-14-32-18-22;3*3-2(4,5)1(6)7/h2-4,6,8-14,16,18,24,30,39H,5,7,15,17,19-20H2,1H3,(H,34,38)(H,35,37);3*(H,6,7)/t24-,30?;;;/m1.../s1. The Bertz CT molecular complexity index is 2030. The first-order chi connectivity index (χ1) is 28.3. The van der Waals surface area contributed by atoms with Crippen molar-refractivity contribution >= 4 is 40.6 Å². The zero-order chi connectivity index (χ0) is 46.1. The predicted molar refractivity (Wildman–Crippen MR) is 191 cm³/mol. The molecule has 1 aliphatic heterocycles. The molecule has 0 radical (unpaired) electrons. The molecule has 1 saturated heterocycles. The zero-order valence-electron chi connectivity index (χ0n) is 31.4. The maximum absolute atomic E-state index is 13.3. The summed E-state index contributed by atoms with van der Waals surface area (Å²) >= 11 is 0. The van der Waals surface area contributed by atoms with Crippen LogP contribution in [0.1, 0.15) is 46.4 Å². The fourth-order valence-electron chi connectivity index (χ4n) is 5.36. The summed E-state index contributed by atoms with van der Waals surface area (Å²) in [6.45, 7) is 3.71. The number of carbonyl (C=O) groups is 5. The Morgan fingerprint density at radius 1 is 0.820 bits per heavy atom. The normalized spacial score (nSPS) is 15.3. The highest BCUT2D eigenvalue weighted by molar-refractivity contribution is 5.94. The van der Waals surface area contributed by atoms with E-state index in [0.29, 0.717) is 24.5 Å². The third-order valence-electron chi connectivity index (χ3n) is 7.99. The molecule has 1 fully saturated rings. The number of aliphatic carboxylic acids is 3. The number of fused-ring (bicyclic) bond motifs is 1. The number of aryl methyl sites for hydroxylation is 1. The van der Waals surface area contributed by atoms with Gasteiger partial charge in [-0.25, -0.2) is 19.9 Å². The Balaban J connectivity index is 0.000000502. The van der Waals surface area contributed by atoms with Gasteiger partial charge in [-0.05, 0) is 67.8 Å². The van der Waals surface area contributed by atoms with Gasteiger partial charge in [0.15, 0.2) is 0 Å². The fourth-order valence-corrected chi connectivity index (χ4v) is 5.36. The number of hydrogen-bond donors (Lipinski definition) is 6. The molecule has 3 heterocycles. The van der Waals surface area contributed by atoms with Gasteiger partial charge in [0.05, 0.1) is 11.7 Å². The first kappa shape index (κ1) is 50.6. The van der Waals surface area contributed by atoms with Gasteiger partial charge in [0, 0.05) is 60.0 Å². The molecule has 0 saturated carbocycles. The van der Waals surface area contributed by atoms with E-state index in [4.69, 9.17) is 39.6 Å². The highest BCUT2D eigenvalue weighted by atomic mass is 19.4. The number of rotatable bonds is 9. The van der Waals surface area contributed by atoms with Gasteiger partial charge in [-0.1, -0.05) is 24.3 Å². The largest absolute Gasteiger partial charge is 0.490 e. The van der Waals surface area contributed by atoms with E-state index in [1.54, 1.807) is 42.1 Å². The molecule has 1 unspecified atom stereocenters. The number of halogens is 9. The lowest BCUT2D eigenvalue weighted by Gasteiger charge is -2.41. The number of carboxylic acids is 3. The van der Waals surface area contributed by atoms with Crippen LogP contribution < -0.4 is 15.5 Å². The van der Waals surface area contributed by atoms with E-state index < -0.39 is 42.3 Å². The maximum atomic E-state index is 13.3. The number of hydroxylamine groups is 1. The molecule has 2 aromatic heterocycles. The molecule has 5 rings (SSSR count). The number of piperidine rings is 1. The number of likely N-dealkylation sites (tertiary alicyclic amines) is 1. The molecule has 0 bridgehead atoms. The van der Waals surface area contributed by atoms with E-state index in [1.165, 1.54) is 0 Å². The lowest BCUT2D eigenvalue weighted by molar-refractivity contribution is -0.193. The number of carboxylic acid groups (broad SMARTS) is 3. The Kier molecular flexibility index (Phi) is 18.8. The van der Waals surface area contributed by atoms with E-state index in [-0.39, 0.29) is 24.4 Å². The SMILES string of the molecule is Cc1cc(COc2ccc(C(=O)NC3[C@@H](CC(=O)NO)CCCN3Cc3cccnc3)cc2)c2ccccc2n1.O=C(O)C(F)(F)F.O=C(O)C(F)(F)F.O=C(O)C(F)(F)F. The third-order valence-corrected chi connectivity index (χ3v) is 7.99. The Morgan fingerprint density at radius 2 is 1.38 bits per heavy atom. The molecule has 2 aromatic carbocycles. The van der Waals surface area contributed by atoms with Crippen LogP contribution in [-0.2, 0) is 32.3 Å². The highest BCUT2D eigenvalue weighted by Gasteiger charge is 2.39. The molecular formula is C37H36F9N5O10. The van der Waals surface area contributed by atoms with Gasteiger partial charge in [0.1, 0.15) is 12.4 Å². The summed E-state index contributed by atoms with van der Waals surface area (Å²) in [5, 5.41) is 34.7. The Labute approximate surface area is 338 Å². The number of hydrogen-bond acceptors (Lipinski definition) is 10. The predicted octanol–water partition coefficient (Wildman–Crippen LogP) is 6.28. The molecule has 4 aromatic rings. The van der Waals surface area contributed by atoms with Crippen LogP contribution in [0.5, 0.6) is 5.75 Å². The molecule has 2 atom stereocenters. The number of ether oxygens (including phenoxy) is 1. The minimum Gasteiger partial charge on any atom is -0.489 e. The van der Waals surface area contributed by atoms with Crippen molar-refractivity contribution in [2.24, 2.45) is 5.92 Å². The van der Waals surface area contributed by atoms with Crippen molar-refractivity contribution in [3.63, 3.8) is 0 Å². The molecule has 24 heteroatoms. The minimum atomic E-state index is -5.08. The highest BCUT2D eigenvalue weighted by Crippen LogP contribution is 2.28. The summed E-state index contributed by atoms with van der Waals surface area (Å²) in [7, 11) is 0. The average Bonchev–Trinajstić information content (AvgIpc) is 3.18. The molecule has 1 aliphatic rings. The average molecular weight is 882 g/mol. The number of benzene rings is 2. The molecule has 0 aliphatic carbocycles. The molecule has 2 amide bonds. The van der Waals surface area contributed by atoms with Gasteiger partial charge in [0.25, 0.3) is 5.91 Å². The van der Waals surface area contributed by atoms with E-state index in [1.807, 2.05) is 49.4 Å². The second kappa shape index (κ2) is 22.7. The second-order valence-electron chi connectivity index (χ2n) is 12.6. The summed E-state index contributed by atoms with van der Waals surface area (Å²) in [4.78, 5) is 63.0. The van der Waals surface area contributed by atoms with Crippen molar-refractivity contribution in [2.45, 2.75) is 64.0 Å². The van der Waals surface area contributed by atoms with Crippen LogP contribution in [0.2, 0.25) is 0 Å². The van der Waals surface area contributed by atoms with Crippen molar-refractivity contribution in [1.29, 1.82) is 0 Å². The van der Waals surface area contributed by atoms with Gasteiger partial charge >= 0.3 is 36.4 Å². The number of pyridine rings is 2. The van der Waals surface area contributed by atoms with Crippen LogP contribution in [0.25, 0.3) is 10.9 Å². The van der Waals surface area contributed by atoms with Crippen LogP contribution >= 0.6 is 0 Å². The number of nitrogens with zero attached hydrogens (tertiary/aromatic N) is 3. The number of aromatic nitrogens is 2. The molecule has 61 heavy (non-hydrogen) atoms. The number of para-hydroxylation sites is 1. The summed E-state index contributed by atoms with van der Waals surface area (Å²) < 4.78 is 101. The van der Waals surface area contributed by atoms with Crippen molar-refractivity contribution in [3.8, 4) is 5.75 Å². The number of alkyl halides is 9. The van der Waals surface area contributed by atoms with Gasteiger partial charge in [-0.3, -0.25) is 29.7 Å².